The smallest absolute Gasteiger partial charge is 0.330 e. The van der Waals surface area contributed by atoms with Crippen molar-refractivity contribution in [1.29, 1.82) is 0 Å². The summed E-state index contributed by atoms with van der Waals surface area (Å²) in [6.07, 6.45) is 2.69. The van der Waals surface area contributed by atoms with Gasteiger partial charge < -0.3 is 16.2 Å². The minimum atomic E-state index is -0.738. The Hall–Kier alpha value is -0.940. The summed E-state index contributed by atoms with van der Waals surface area (Å²) < 4.78 is 4.76. The van der Waals surface area contributed by atoms with Crippen LogP contribution in [0.2, 0.25) is 0 Å². The van der Waals surface area contributed by atoms with Crippen molar-refractivity contribution in [3.8, 4) is 0 Å². The molecule has 0 fully saturated rings. The van der Waals surface area contributed by atoms with Crippen LogP contribution in [0.25, 0.3) is 0 Å². The third-order valence-corrected chi connectivity index (χ3v) is 2.90. The number of rotatable bonds is 7. The first-order chi connectivity index (χ1) is 7.85. The van der Waals surface area contributed by atoms with Gasteiger partial charge in [-0.3, -0.25) is 4.79 Å². The zero-order valence-corrected chi connectivity index (χ0v) is 11.0. The molecule has 0 aliphatic rings. The van der Waals surface area contributed by atoms with Crippen LogP contribution in [0.4, 0.5) is 0 Å². The Balaban J connectivity index is 4.12. The van der Waals surface area contributed by atoms with Gasteiger partial charge in [0.05, 0.1) is 5.41 Å². The van der Waals surface area contributed by atoms with E-state index < -0.39 is 23.4 Å². The highest BCUT2D eigenvalue weighted by Gasteiger charge is 2.30. The number of esters is 2. The van der Waals surface area contributed by atoms with Gasteiger partial charge in [-0.05, 0) is 39.7 Å². The Morgan fingerprint density at radius 2 is 1.88 bits per heavy atom. The summed E-state index contributed by atoms with van der Waals surface area (Å²) >= 11 is 0. The molecular weight excluding hydrogens is 220 g/mol. The van der Waals surface area contributed by atoms with Crippen molar-refractivity contribution in [2.45, 2.75) is 52.5 Å². The van der Waals surface area contributed by atoms with Crippen LogP contribution in [-0.2, 0) is 14.3 Å². The molecule has 0 aliphatic carbocycles. The van der Waals surface area contributed by atoms with Crippen LogP contribution in [0, 0.1) is 5.41 Å². The predicted octanol–water partition coefficient (Wildman–Crippen LogP) is 0.949. The molecule has 0 unspecified atom stereocenters. The average Bonchev–Trinajstić information content (AvgIpc) is 2.28. The fraction of sp³-hybridized carbons (Fsp3) is 0.833. The predicted molar refractivity (Wildman–Crippen MR) is 66.1 cm³/mol. The maximum Gasteiger partial charge on any atom is 0.330 e. The molecule has 0 saturated carbocycles. The normalized spacial score (nSPS) is 13.2. The van der Waals surface area contributed by atoms with Crippen LogP contribution >= 0.6 is 0 Å². The minimum Gasteiger partial charge on any atom is -0.392 e. The highest BCUT2D eigenvalue weighted by Crippen LogP contribution is 2.21. The molecule has 0 aromatic heterocycles. The van der Waals surface area contributed by atoms with Gasteiger partial charge in [-0.25, -0.2) is 4.79 Å². The van der Waals surface area contributed by atoms with E-state index in [1.54, 1.807) is 13.8 Å². The number of nitrogens with two attached hydrogens (primary N) is 2. The zero-order valence-electron chi connectivity index (χ0n) is 11.0. The molecule has 0 spiro atoms. The zero-order chi connectivity index (χ0) is 13.5. The van der Waals surface area contributed by atoms with Crippen LogP contribution < -0.4 is 11.5 Å². The summed E-state index contributed by atoms with van der Waals surface area (Å²) in [7, 11) is 0. The summed E-state index contributed by atoms with van der Waals surface area (Å²) in [5, 5.41) is 0. The van der Waals surface area contributed by atoms with Gasteiger partial charge in [-0.1, -0.05) is 13.3 Å². The SMILES string of the molecule is CCC(C)(C)C(=O)OC(=O)[C@@H](N)CCCCN. The van der Waals surface area contributed by atoms with Crippen molar-refractivity contribution >= 4 is 11.9 Å². The molecule has 1 atom stereocenters. The first kappa shape index (κ1) is 16.1. The van der Waals surface area contributed by atoms with Crippen LogP contribution in [0.3, 0.4) is 0 Å². The lowest BCUT2D eigenvalue weighted by molar-refractivity contribution is -0.167. The van der Waals surface area contributed by atoms with Gasteiger partial charge in [0, 0.05) is 0 Å². The number of unbranched alkanes of at least 4 members (excludes halogenated alkanes) is 1. The Morgan fingerprint density at radius 3 is 2.35 bits per heavy atom. The lowest BCUT2D eigenvalue weighted by Gasteiger charge is -2.20. The van der Waals surface area contributed by atoms with Crippen LogP contribution in [0.5, 0.6) is 0 Å². The maximum atomic E-state index is 11.6. The van der Waals surface area contributed by atoms with Gasteiger partial charge in [0.2, 0.25) is 0 Å². The van der Waals surface area contributed by atoms with Gasteiger partial charge in [0.25, 0.3) is 0 Å². The van der Waals surface area contributed by atoms with Crippen molar-refractivity contribution in [2.24, 2.45) is 16.9 Å². The van der Waals surface area contributed by atoms with Crippen LogP contribution in [0.15, 0.2) is 0 Å². The van der Waals surface area contributed by atoms with Gasteiger partial charge in [-0.2, -0.15) is 0 Å². The standard InChI is InChI=1S/C12H24N2O3/c1-4-12(2,3)11(16)17-10(15)9(14)7-5-6-8-13/h9H,4-8,13-14H2,1-3H3/t9-/m0/s1. The fourth-order valence-corrected chi connectivity index (χ4v) is 1.08. The number of hydrogen-bond donors (Lipinski definition) is 2. The van der Waals surface area contributed by atoms with Gasteiger partial charge in [-0.15, -0.1) is 0 Å². The van der Waals surface area contributed by atoms with Crippen molar-refractivity contribution in [2.75, 3.05) is 6.54 Å². The van der Waals surface area contributed by atoms with Crippen molar-refractivity contribution in [1.82, 2.24) is 0 Å². The second kappa shape index (κ2) is 7.40. The topological polar surface area (TPSA) is 95.4 Å². The molecular formula is C12H24N2O3. The Morgan fingerprint density at radius 1 is 1.29 bits per heavy atom. The fourth-order valence-electron chi connectivity index (χ4n) is 1.08. The molecule has 0 heterocycles. The van der Waals surface area contributed by atoms with E-state index in [0.29, 0.717) is 19.4 Å². The largest absolute Gasteiger partial charge is 0.392 e. The van der Waals surface area contributed by atoms with E-state index >= 15 is 0 Å². The molecule has 5 nitrogen and oxygen atoms in total. The van der Waals surface area contributed by atoms with Gasteiger partial charge in [0.1, 0.15) is 6.04 Å². The molecule has 4 N–H and O–H groups in total. The van der Waals surface area contributed by atoms with Crippen molar-refractivity contribution in [3.63, 3.8) is 0 Å². The first-order valence-corrected chi connectivity index (χ1v) is 6.07. The lowest BCUT2D eigenvalue weighted by Crippen LogP contribution is -2.37. The summed E-state index contributed by atoms with van der Waals surface area (Å²) in [4.78, 5) is 23.1. The molecule has 17 heavy (non-hydrogen) atoms. The Kier molecular flexibility index (Phi) is 6.99. The quantitative estimate of drug-likeness (QED) is 0.395. The number of hydrogen-bond acceptors (Lipinski definition) is 5. The maximum absolute atomic E-state index is 11.6. The average molecular weight is 244 g/mol. The summed E-state index contributed by atoms with van der Waals surface area (Å²) in [6.45, 7) is 5.92. The van der Waals surface area contributed by atoms with E-state index in [-0.39, 0.29) is 0 Å². The first-order valence-electron chi connectivity index (χ1n) is 6.07. The molecule has 0 aromatic carbocycles. The molecule has 0 radical (unpaired) electrons. The number of carbonyl (C=O) groups is 2. The molecule has 100 valence electrons. The number of ether oxygens (including phenoxy) is 1. The third-order valence-electron chi connectivity index (χ3n) is 2.90. The molecule has 0 aliphatic heterocycles. The highest BCUT2D eigenvalue weighted by atomic mass is 16.6. The van der Waals surface area contributed by atoms with Crippen molar-refractivity contribution < 1.29 is 14.3 Å². The monoisotopic (exact) mass is 244 g/mol. The van der Waals surface area contributed by atoms with Gasteiger partial charge >= 0.3 is 11.9 Å². The second-order valence-electron chi connectivity index (χ2n) is 4.84. The van der Waals surface area contributed by atoms with E-state index in [2.05, 4.69) is 0 Å². The van der Waals surface area contributed by atoms with E-state index in [0.717, 1.165) is 12.8 Å². The van der Waals surface area contributed by atoms with Crippen LogP contribution in [0.1, 0.15) is 46.5 Å². The van der Waals surface area contributed by atoms with Crippen molar-refractivity contribution in [3.05, 3.63) is 0 Å². The Labute approximate surface area is 103 Å². The van der Waals surface area contributed by atoms with Gasteiger partial charge in [0.15, 0.2) is 0 Å². The second-order valence-corrected chi connectivity index (χ2v) is 4.84. The molecule has 0 rings (SSSR count). The summed E-state index contributed by atoms with van der Waals surface area (Å²) in [6, 6.07) is -0.738. The Bertz CT molecular complexity index is 264. The lowest BCUT2D eigenvalue weighted by atomic mass is 9.91. The molecule has 0 saturated heterocycles. The molecule has 0 amide bonds. The molecule has 0 bridgehead atoms. The minimum absolute atomic E-state index is 0.496. The molecule has 0 aromatic rings. The van der Waals surface area contributed by atoms with E-state index in [4.69, 9.17) is 16.2 Å². The summed E-state index contributed by atoms with van der Waals surface area (Å²) in [5.41, 5.74) is 10.3. The van der Waals surface area contributed by atoms with E-state index in [1.165, 1.54) is 0 Å². The molecule has 5 heteroatoms. The number of carbonyl (C=O) groups excluding carboxylic acids is 2. The van der Waals surface area contributed by atoms with Crippen LogP contribution in [-0.4, -0.2) is 24.5 Å². The summed E-state index contributed by atoms with van der Waals surface area (Å²) in [5.74, 6) is -1.16. The third kappa shape index (κ3) is 5.79. The van der Waals surface area contributed by atoms with E-state index in [9.17, 15) is 9.59 Å². The highest BCUT2D eigenvalue weighted by molar-refractivity contribution is 5.90. The van der Waals surface area contributed by atoms with E-state index in [1.807, 2.05) is 6.92 Å².